The molecule has 1 unspecified atom stereocenters. The van der Waals surface area contributed by atoms with E-state index in [1.807, 2.05) is 11.8 Å². The van der Waals surface area contributed by atoms with Gasteiger partial charge in [0, 0.05) is 52.7 Å². The Balaban J connectivity index is 1.85. The van der Waals surface area contributed by atoms with Crippen LogP contribution in [0.25, 0.3) is 0 Å². The van der Waals surface area contributed by atoms with Crippen molar-refractivity contribution < 1.29 is 18.0 Å². The molecular weight excluding hydrogens is 335 g/mol. The summed E-state index contributed by atoms with van der Waals surface area (Å²) in [4.78, 5) is 21.4. The first kappa shape index (κ1) is 19.8. The van der Waals surface area contributed by atoms with Crippen molar-refractivity contribution in [3.05, 3.63) is 0 Å². The zero-order valence-corrected chi connectivity index (χ0v) is 15.0. The molecule has 1 atom stereocenters. The molecule has 0 bridgehead atoms. The third-order valence-corrected chi connectivity index (χ3v) is 4.63. The summed E-state index contributed by atoms with van der Waals surface area (Å²) in [6.07, 6.45) is -3.39. The number of nitrogens with one attached hydrogen (secondary N) is 1. The normalized spacial score (nSPS) is 23.2. The second kappa shape index (κ2) is 8.73. The molecule has 0 aliphatic carbocycles. The van der Waals surface area contributed by atoms with E-state index in [9.17, 15) is 18.0 Å². The zero-order valence-electron chi connectivity index (χ0n) is 15.0. The van der Waals surface area contributed by atoms with Crippen molar-refractivity contribution in [2.45, 2.75) is 26.4 Å². The number of carbonyl (C=O) groups is 1. The lowest BCUT2D eigenvalue weighted by Gasteiger charge is -2.36. The molecule has 2 fully saturated rings. The number of likely N-dealkylation sites (tertiary alicyclic amines) is 1. The number of nitrogens with zero attached hydrogens (tertiary/aromatic N) is 4. The van der Waals surface area contributed by atoms with Gasteiger partial charge in [-0.05, 0) is 25.8 Å². The third kappa shape index (κ3) is 6.37. The Morgan fingerprint density at radius 1 is 1.16 bits per heavy atom. The van der Waals surface area contributed by atoms with Gasteiger partial charge in [0.2, 0.25) is 5.91 Å². The summed E-state index contributed by atoms with van der Waals surface area (Å²) in [6, 6.07) is 0. The summed E-state index contributed by atoms with van der Waals surface area (Å²) >= 11 is 0. The molecule has 0 spiro atoms. The number of hydrogen-bond acceptors (Lipinski definition) is 3. The zero-order chi connectivity index (χ0) is 18.4. The molecule has 0 aromatic heterocycles. The Kier molecular flexibility index (Phi) is 6.92. The number of rotatable bonds is 4. The fraction of sp³-hybridized carbons (Fsp3) is 0.875. The minimum Gasteiger partial charge on any atom is -0.357 e. The summed E-state index contributed by atoms with van der Waals surface area (Å²) in [5, 5.41) is 3.25. The highest BCUT2D eigenvalue weighted by atomic mass is 19.4. The topological polar surface area (TPSA) is 51.2 Å². The van der Waals surface area contributed by atoms with E-state index < -0.39 is 12.7 Å². The van der Waals surface area contributed by atoms with E-state index in [1.54, 1.807) is 6.92 Å². The summed E-state index contributed by atoms with van der Waals surface area (Å²) < 4.78 is 37.4. The molecule has 0 aromatic rings. The van der Waals surface area contributed by atoms with Crippen molar-refractivity contribution in [2.24, 2.45) is 10.9 Å². The van der Waals surface area contributed by atoms with Gasteiger partial charge in [-0.25, -0.2) is 0 Å². The molecule has 2 aliphatic rings. The highest BCUT2D eigenvalue weighted by Gasteiger charge is 2.34. The van der Waals surface area contributed by atoms with E-state index >= 15 is 0 Å². The molecular formula is C16H28F3N5O. The van der Waals surface area contributed by atoms with Crippen molar-refractivity contribution in [1.82, 2.24) is 20.0 Å². The summed E-state index contributed by atoms with van der Waals surface area (Å²) in [5.74, 6) is 1.03. The lowest BCUT2D eigenvalue weighted by atomic mass is 10.1. The summed E-state index contributed by atoms with van der Waals surface area (Å²) in [6.45, 7) is 7.69. The van der Waals surface area contributed by atoms with Crippen molar-refractivity contribution >= 4 is 11.9 Å². The number of alkyl halides is 3. The van der Waals surface area contributed by atoms with Gasteiger partial charge < -0.3 is 15.1 Å². The number of aliphatic imine (C=N–C) groups is 1. The summed E-state index contributed by atoms with van der Waals surface area (Å²) in [7, 11) is 0. The molecule has 1 amide bonds. The van der Waals surface area contributed by atoms with Gasteiger partial charge in [0.1, 0.15) is 0 Å². The lowest BCUT2D eigenvalue weighted by Crippen LogP contribution is -2.53. The van der Waals surface area contributed by atoms with E-state index in [0.717, 1.165) is 32.0 Å². The molecule has 2 rings (SSSR count). The minimum absolute atomic E-state index is 0.0808. The fourth-order valence-corrected chi connectivity index (χ4v) is 3.33. The van der Waals surface area contributed by atoms with Gasteiger partial charge in [-0.3, -0.25) is 14.7 Å². The number of piperazine rings is 1. The number of amides is 1. The average Bonchev–Trinajstić information content (AvgIpc) is 2.97. The number of halogens is 3. The Labute approximate surface area is 147 Å². The fourth-order valence-electron chi connectivity index (χ4n) is 3.33. The Bertz CT molecular complexity index is 475. The molecule has 2 aliphatic heterocycles. The molecule has 144 valence electrons. The van der Waals surface area contributed by atoms with Crippen LogP contribution in [0.4, 0.5) is 13.2 Å². The number of hydrogen-bond donors (Lipinski definition) is 1. The monoisotopic (exact) mass is 363 g/mol. The Morgan fingerprint density at radius 3 is 2.36 bits per heavy atom. The van der Waals surface area contributed by atoms with Crippen LogP contribution >= 0.6 is 0 Å². The standard InChI is InChI=1S/C16H28F3N5O/c1-3-20-15(24-8-6-23(7-9-24)13(2)25)21-10-14-4-5-22(11-14)12-16(17,18)19/h14H,3-12H2,1-2H3,(H,20,21). The molecule has 2 saturated heterocycles. The largest absolute Gasteiger partial charge is 0.401 e. The predicted octanol–water partition coefficient (Wildman–Crippen LogP) is 1.00. The molecule has 0 aromatic carbocycles. The van der Waals surface area contributed by atoms with Crippen LogP contribution in [0.1, 0.15) is 20.3 Å². The van der Waals surface area contributed by atoms with Crippen LogP contribution in [-0.2, 0) is 4.79 Å². The van der Waals surface area contributed by atoms with Gasteiger partial charge in [0.05, 0.1) is 6.54 Å². The molecule has 2 heterocycles. The predicted molar refractivity (Wildman–Crippen MR) is 90.4 cm³/mol. The second-order valence-corrected chi connectivity index (χ2v) is 6.69. The molecule has 9 heteroatoms. The van der Waals surface area contributed by atoms with Gasteiger partial charge in [-0.15, -0.1) is 0 Å². The van der Waals surface area contributed by atoms with Crippen LogP contribution in [0.2, 0.25) is 0 Å². The number of guanidine groups is 1. The van der Waals surface area contributed by atoms with E-state index in [1.165, 1.54) is 4.90 Å². The van der Waals surface area contributed by atoms with Crippen LogP contribution in [0, 0.1) is 5.92 Å². The molecule has 0 radical (unpaired) electrons. The van der Waals surface area contributed by atoms with Gasteiger partial charge in [-0.2, -0.15) is 13.2 Å². The van der Waals surface area contributed by atoms with Gasteiger partial charge in [0.15, 0.2) is 5.96 Å². The molecule has 6 nitrogen and oxygen atoms in total. The average molecular weight is 363 g/mol. The van der Waals surface area contributed by atoms with Crippen LogP contribution in [0.3, 0.4) is 0 Å². The smallest absolute Gasteiger partial charge is 0.357 e. The summed E-state index contributed by atoms with van der Waals surface area (Å²) in [5.41, 5.74) is 0. The van der Waals surface area contributed by atoms with Gasteiger partial charge in [0.25, 0.3) is 0 Å². The van der Waals surface area contributed by atoms with Crippen molar-refractivity contribution in [1.29, 1.82) is 0 Å². The van der Waals surface area contributed by atoms with E-state index in [0.29, 0.717) is 32.7 Å². The van der Waals surface area contributed by atoms with Crippen molar-refractivity contribution in [3.63, 3.8) is 0 Å². The van der Waals surface area contributed by atoms with Crippen LogP contribution < -0.4 is 5.32 Å². The molecule has 1 N–H and O–H groups in total. The maximum atomic E-state index is 12.5. The Hall–Kier alpha value is -1.51. The lowest BCUT2D eigenvalue weighted by molar-refractivity contribution is -0.143. The Morgan fingerprint density at radius 2 is 1.80 bits per heavy atom. The third-order valence-electron chi connectivity index (χ3n) is 4.63. The molecule has 0 saturated carbocycles. The van der Waals surface area contributed by atoms with Gasteiger partial charge in [-0.1, -0.05) is 0 Å². The second-order valence-electron chi connectivity index (χ2n) is 6.69. The minimum atomic E-state index is -4.14. The van der Waals surface area contributed by atoms with Crippen LogP contribution in [0.5, 0.6) is 0 Å². The first-order valence-corrected chi connectivity index (χ1v) is 8.86. The highest BCUT2D eigenvalue weighted by Crippen LogP contribution is 2.23. The van der Waals surface area contributed by atoms with Crippen LogP contribution in [-0.4, -0.2) is 91.6 Å². The van der Waals surface area contributed by atoms with Crippen LogP contribution in [0.15, 0.2) is 4.99 Å². The quantitative estimate of drug-likeness (QED) is 0.598. The molecule has 25 heavy (non-hydrogen) atoms. The highest BCUT2D eigenvalue weighted by molar-refractivity contribution is 5.80. The van der Waals surface area contributed by atoms with E-state index in [4.69, 9.17) is 0 Å². The van der Waals surface area contributed by atoms with Gasteiger partial charge >= 0.3 is 6.18 Å². The first-order chi connectivity index (χ1) is 11.8. The van der Waals surface area contributed by atoms with Crippen molar-refractivity contribution in [3.8, 4) is 0 Å². The maximum absolute atomic E-state index is 12.5. The van der Waals surface area contributed by atoms with E-state index in [2.05, 4.69) is 15.2 Å². The van der Waals surface area contributed by atoms with Crippen molar-refractivity contribution in [2.75, 3.05) is 58.9 Å². The SMILES string of the molecule is CCNC(=NCC1CCN(CC(F)(F)F)C1)N1CCN(C(C)=O)CC1. The maximum Gasteiger partial charge on any atom is 0.401 e. The first-order valence-electron chi connectivity index (χ1n) is 8.86. The van der Waals surface area contributed by atoms with E-state index in [-0.39, 0.29) is 11.8 Å². The number of carbonyl (C=O) groups excluding carboxylic acids is 1.